The van der Waals surface area contributed by atoms with Gasteiger partial charge in [0.2, 0.25) is 0 Å². The Labute approximate surface area is 120 Å². The minimum Gasteiger partial charge on any atom is -0.258 e. The average molecular weight is 325 g/mol. The van der Waals surface area contributed by atoms with Gasteiger partial charge in [0, 0.05) is 19.2 Å². The van der Waals surface area contributed by atoms with Gasteiger partial charge in [0.05, 0.1) is 4.92 Å². The van der Waals surface area contributed by atoms with Crippen molar-refractivity contribution < 1.29 is 13.3 Å². The second-order valence-electron chi connectivity index (χ2n) is 4.44. The van der Waals surface area contributed by atoms with Gasteiger partial charge in [-0.1, -0.05) is 24.4 Å². The molecule has 0 saturated heterocycles. The molecule has 1 heterocycles. The van der Waals surface area contributed by atoms with Crippen LogP contribution in [0.15, 0.2) is 10.3 Å². The molecule has 1 aliphatic carbocycles. The first-order valence-electron chi connectivity index (χ1n) is 5.76. The minimum absolute atomic E-state index is 0.0232. The van der Waals surface area contributed by atoms with Crippen molar-refractivity contribution in [1.82, 2.24) is 4.31 Å². The summed E-state index contributed by atoms with van der Waals surface area (Å²) in [6, 6.07) is 1.01. The molecule has 106 valence electrons. The lowest BCUT2D eigenvalue weighted by atomic mass is 10.3. The van der Waals surface area contributed by atoms with Crippen LogP contribution in [-0.4, -0.2) is 30.7 Å². The molecule has 0 bridgehead atoms. The van der Waals surface area contributed by atoms with Crippen molar-refractivity contribution >= 4 is 38.6 Å². The quantitative estimate of drug-likeness (QED) is 0.630. The smallest absolute Gasteiger partial charge is 0.258 e. The second-order valence-corrected chi connectivity index (χ2v) is 8.32. The Kier molecular flexibility index (Phi) is 4.14. The molecule has 0 aliphatic heterocycles. The lowest BCUT2D eigenvalue weighted by Gasteiger charge is -2.22. The molecular formula is C10H13ClN2O4S2. The van der Waals surface area contributed by atoms with Crippen molar-refractivity contribution in [3.05, 3.63) is 20.5 Å². The maximum absolute atomic E-state index is 12.4. The van der Waals surface area contributed by atoms with E-state index in [9.17, 15) is 18.5 Å². The Bertz CT molecular complexity index is 593. The zero-order chi connectivity index (χ0) is 14.2. The molecule has 0 atom stereocenters. The summed E-state index contributed by atoms with van der Waals surface area (Å²) in [5.74, 6) is 0. The van der Waals surface area contributed by atoms with Crippen molar-refractivity contribution in [3.8, 4) is 0 Å². The highest BCUT2D eigenvalue weighted by Crippen LogP contribution is 2.38. The average Bonchev–Trinajstić information content (AvgIpc) is 2.96. The molecule has 1 aromatic heterocycles. The highest BCUT2D eigenvalue weighted by Gasteiger charge is 2.33. The van der Waals surface area contributed by atoms with Crippen LogP contribution in [0.5, 0.6) is 0 Å². The Morgan fingerprint density at radius 3 is 2.53 bits per heavy atom. The zero-order valence-electron chi connectivity index (χ0n) is 10.2. The lowest BCUT2D eigenvalue weighted by Crippen LogP contribution is -2.34. The number of sulfonamides is 1. The number of hydrogen-bond acceptors (Lipinski definition) is 5. The molecule has 6 nitrogen and oxygen atoms in total. The molecule has 2 rings (SSSR count). The van der Waals surface area contributed by atoms with E-state index < -0.39 is 14.9 Å². The first-order chi connectivity index (χ1) is 8.84. The summed E-state index contributed by atoms with van der Waals surface area (Å²) >= 11 is 6.44. The van der Waals surface area contributed by atoms with E-state index in [0.717, 1.165) is 43.1 Å². The van der Waals surface area contributed by atoms with Crippen molar-refractivity contribution in [2.24, 2.45) is 0 Å². The Morgan fingerprint density at radius 2 is 2.05 bits per heavy atom. The number of nitro groups is 1. The number of thiophene rings is 1. The third-order valence-electron chi connectivity index (χ3n) is 3.32. The summed E-state index contributed by atoms with van der Waals surface area (Å²) in [6.07, 6.45) is 3.68. The van der Waals surface area contributed by atoms with Crippen LogP contribution >= 0.6 is 22.9 Å². The van der Waals surface area contributed by atoms with Gasteiger partial charge in [-0.05, 0) is 12.8 Å². The van der Waals surface area contributed by atoms with E-state index in [1.54, 1.807) is 0 Å². The molecule has 1 aliphatic rings. The largest absolute Gasteiger partial charge is 0.300 e. The summed E-state index contributed by atoms with van der Waals surface area (Å²) in [5.41, 5.74) is -0.356. The van der Waals surface area contributed by atoms with Crippen molar-refractivity contribution in [1.29, 1.82) is 0 Å². The highest BCUT2D eigenvalue weighted by molar-refractivity contribution is 7.91. The van der Waals surface area contributed by atoms with E-state index in [0.29, 0.717) is 0 Å². The van der Waals surface area contributed by atoms with Crippen LogP contribution in [0.25, 0.3) is 0 Å². The minimum atomic E-state index is -3.69. The van der Waals surface area contributed by atoms with Crippen LogP contribution in [0.4, 0.5) is 5.69 Å². The number of nitrogens with zero attached hydrogens (tertiary/aromatic N) is 2. The maximum Gasteiger partial charge on any atom is 0.300 e. The van der Waals surface area contributed by atoms with Crippen molar-refractivity contribution in [2.45, 2.75) is 35.9 Å². The monoisotopic (exact) mass is 324 g/mol. The van der Waals surface area contributed by atoms with Crippen molar-refractivity contribution in [2.75, 3.05) is 7.05 Å². The molecule has 0 spiro atoms. The zero-order valence-corrected chi connectivity index (χ0v) is 12.6. The normalized spacial score (nSPS) is 17.2. The molecule has 9 heteroatoms. The highest BCUT2D eigenvalue weighted by atomic mass is 35.5. The van der Waals surface area contributed by atoms with Crippen LogP contribution in [-0.2, 0) is 10.0 Å². The molecule has 1 fully saturated rings. The van der Waals surface area contributed by atoms with E-state index in [1.165, 1.54) is 11.4 Å². The van der Waals surface area contributed by atoms with Gasteiger partial charge in [-0.2, -0.15) is 4.31 Å². The van der Waals surface area contributed by atoms with E-state index >= 15 is 0 Å². The molecule has 1 aromatic rings. The fourth-order valence-electron chi connectivity index (χ4n) is 2.20. The molecule has 0 radical (unpaired) electrons. The lowest BCUT2D eigenvalue weighted by molar-refractivity contribution is -0.384. The maximum atomic E-state index is 12.4. The van der Waals surface area contributed by atoms with Gasteiger partial charge in [0.15, 0.2) is 4.34 Å². The van der Waals surface area contributed by atoms with E-state index in [1.807, 2.05) is 0 Å². The van der Waals surface area contributed by atoms with Gasteiger partial charge in [-0.3, -0.25) is 10.1 Å². The van der Waals surface area contributed by atoms with Crippen LogP contribution in [0.1, 0.15) is 25.7 Å². The second kappa shape index (κ2) is 5.35. The summed E-state index contributed by atoms with van der Waals surface area (Å²) in [4.78, 5) is 10.0. The summed E-state index contributed by atoms with van der Waals surface area (Å²) in [7, 11) is -2.18. The molecule has 0 amide bonds. The summed E-state index contributed by atoms with van der Waals surface area (Å²) in [5, 5.41) is 10.7. The van der Waals surface area contributed by atoms with Crippen LogP contribution < -0.4 is 0 Å². The van der Waals surface area contributed by atoms with Crippen LogP contribution in [0, 0.1) is 10.1 Å². The fraction of sp³-hybridized carbons (Fsp3) is 0.600. The van der Waals surface area contributed by atoms with Crippen LogP contribution in [0.2, 0.25) is 4.34 Å². The molecule has 0 aromatic carbocycles. The Balaban J connectivity index is 2.33. The molecule has 19 heavy (non-hydrogen) atoms. The van der Waals surface area contributed by atoms with Crippen molar-refractivity contribution in [3.63, 3.8) is 0 Å². The molecule has 0 N–H and O–H groups in total. The Hall–Kier alpha value is -0.700. The topological polar surface area (TPSA) is 80.5 Å². The first-order valence-corrected chi connectivity index (χ1v) is 8.39. The van der Waals surface area contributed by atoms with Gasteiger partial charge < -0.3 is 0 Å². The number of rotatable bonds is 4. The SMILES string of the molecule is CN(C1CCCC1)S(=O)(=O)c1cc([N+](=O)[O-])c(Cl)s1. The van der Waals surface area contributed by atoms with Gasteiger partial charge in [-0.25, -0.2) is 8.42 Å². The van der Waals surface area contributed by atoms with Gasteiger partial charge in [-0.15, -0.1) is 11.3 Å². The predicted molar refractivity (Wildman–Crippen MR) is 73.2 cm³/mol. The van der Waals surface area contributed by atoms with Crippen LogP contribution in [0.3, 0.4) is 0 Å². The summed E-state index contributed by atoms with van der Waals surface area (Å²) < 4.78 is 25.9. The van der Waals surface area contributed by atoms with Gasteiger partial charge in [0.1, 0.15) is 4.21 Å². The molecule has 0 unspecified atom stereocenters. The van der Waals surface area contributed by atoms with E-state index in [2.05, 4.69) is 0 Å². The Morgan fingerprint density at radius 1 is 1.47 bits per heavy atom. The number of halogens is 1. The summed E-state index contributed by atoms with van der Waals surface area (Å²) in [6.45, 7) is 0. The standard InChI is InChI=1S/C10H13ClN2O4S2/c1-12(7-4-2-3-5-7)19(16,17)9-6-8(13(14)15)10(11)18-9/h6-7H,2-5H2,1H3. The van der Waals surface area contributed by atoms with E-state index in [-0.39, 0.29) is 20.3 Å². The molecular weight excluding hydrogens is 312 g/mol. The van der Waals surface area contributed by atoms with Gasteiger partial charge in [0.25, 0.3) is 15.7 Å². The molecule has 1 saturated carbocycles. The third kappa shape index (κ3) is 2.76. The third-order valence-corrected chi connectivity index (χ3v) is 7.01. The van der Waals surface area contributed by atoms with E-state index in [4.69, 9.17) is 11.6 Å². The first kappa shape index (κ1) is 14.7. The fourth-order valence-corrected chi connectivity index (χ4v) is 5.46. The van der Waals surface area contributed by atoms with Gasteiger partial charge >= 0.3 is 0 Å². The predicted octanol–water partition coefficient (Wildman–Crippen LogP) is 2.87. The number of hydrogen-bond donors (Lipinski definition) is 0.